The van der Waals surface area contributed by atoms with Crippen LogP contribution in [0, 0.1) is 6.92 Å². The number of halogens is 2. The summed E-state index contributed by atoms with van der Waals surface area (Å²) < 4.78 is 29.7. The number of likely N-dealkylation sites (N-methyl/N-ethyl adjacent to an activating group) is 1. The van der Waals surface area contributed by atoms with E-state index < -0.39 is 12.2 Å². The third kappa shape index (κ3) is 3.19. The summed E-state index contributed by atoms with van der Waals surface area (Å²) >= 11 is 0. The first-order chi connectivity index (χ1) is 13.2. The van der Waals surface area contributed by atoms with E-state index in [0.29, 0.717) is 16.7 Å². The lowest BCUT2D eigenvalue weighted by molar-refractivity contribution is -0.525. The Kier molecular flexibility index (Phi) is 5.06. The van der Waals surface area contributed by atoms with Crippen molar-refractivity contribution in [2.45, 2.75) is 38.8 Å². The maximum absolute atomic E-state index is 13.3. The smallest absolute Gasteiger partial charge is 0.387 e. The summed E-state index contributed by atoms with van der Waals surface area (Å²) in [6.45, 7) is 2.75. The third-order valence-corrected chi connectivity index (χ3v) is 4.93. The van der Waals surface area contributed by atoms with Crippen molar-refractivity contribution in [1.82, 2.24) is 9.88 Å². The molecule has 6 nitrogen and oxygen atoms in total. The molecule has 0 radical (unpaired) electrons. The highest BCUT2D eigenvalue weighted by Gasteiger charge is 2.54. The molecule has 0 fully saturated rings. The Balaban J connectivity index is 2.21. The second-order valence-corrected chi connectivity index (χ2v) is 7.11. The average molecular weight is 389 g/mol. The van der Waals surface area contributed by atoms with Crippen LogP contribution in [0.5, 0.6) is 5.75 Å². The number of aryl methyl sites for hydroxylation is 1. The molecule has 3 N–H and O–H groups in total. The SMILES string of the molecule is Cc1cc(C2(c3ccnc(C(C)C)c3)[NH+]=C(N)N(C)C2=O)ccc1OC(F)F. The highest BCUT2D eigenvalue weighted by atomic mass is 19.3. The topological polar surface area (TPSA) is 82.4 Å². The van der Waals surface area contributed by atoms with Crippen LogP contribution in [0.2, 0.25) is 0 Å². The quantitative estimate of drug-likeness (QED) is 0.806. The number of nitrogens with one attached hydrogen (secondary N) is 1. The molecule has 0 spiro atoms. The second kappa shape index (κ2) is 7.18. The summed E-state index contributed by atoms with van der Waals surface area (Å²) in [5.74, 6) is 0.157. The van der Waals surface area contributed by atoms with Gasteiger partial charge < -0.3 is 4.74 Å². The van der Waals surface area contributed by atoms with Crippen molar-refractivity contribution in [2.75, 3.05) is 7.05 Å². The number of carbonyl (C=O) groups excluding carboxylic acids is 1. The van der Waals surface area contributed by atoms with E-state index in [-0.39, 0.29) is 23.5 Å². The largest absolute Gasteiger partial charge is 0.435 e. The molecule has 1 aliphatic rings. The van der Waals surface area contributed by atoms with Gasteiger partial charge >= 0.3 is 18.5 Å². The Morgan fingerprint density at radius 3 is 2.43 bits per heavy atom. The summed E-state index contributed by atoms with van der Waals surface area (Å²) in [4.78, 5) is 22.1. The zero-order chi connectivity index (χ0) is 20.6. The third-order valence-electron chi connectivity index (χ3n) is 4.93. The van der Waals surface area contributed by atoms with Crippen LogP contribution >= 0.6 is 0 Å². The van der Waals surface area contributed by atoms with Gasteiger partial charge in [0.05, 0.1) is 7.05 Å². The highest BCUT2D eigenvalue weighted by molar-refractivity contribution is 6.03. The van der Waals surface area contributed by atoms with E-state index in [1.807, 2.05) is 19.9 Å². The van der Waals surface area contributed by atoms with Gasteiger partial charge in [-0.2, -0.15) is 8.78 Å². The summed E-state index contributed by atoms with van der Waals surface area (Å²) in [6.07, 6.45) is 1.65. The molecule has 0 saturated heterocycles. The van der Waals surface area contributed by atoms with Gasteiger partial charge in [0, 0.05) is 23.0 Å². The standard InChI is InChI=1S/C20H22F2N4O2/c1-11(2)15-10-14(7-8-24-15)20(17(27)26(4)19(23)25-20)13-5-6-16(12(3)9-13)28-18(21)22/h5-11,18H,1-4H3,(H2,23,25)/p+1. The maximum Gasteiger partial charge on any atom is 0.387 e. The van der Waals surface area contributed by atoms with E-state index in [1.165, 1.54) is 11.0 Å². The Morgan fingerprint density at radius 2 is 1.89 bits per heavy atom. The Bertz CT molecular complexity index is 946. The maximum atomic E-state index is 13.3. The van der Waals surface area contributed by atoms with Gasteiger partial charge in [-0.3, -0.25) is 20.5 Å². The highest BCUT2D eigenvalue weighted by Crippen LogP contribution is 2.33. The molecule has 1 amide bonds. The minimum atomic E-state index is -2.92. The number of nitrogens with zero attached hydrogens (tertiary/aromatic N) is 2. The molecule has 8 heteroatoms. The molecule has 2 aromatic rings. The Morgan fingerprint density at radius 1 is 1.21 bits per heavy atom. The van der Waals surface area contributed by atoms with Crippen LogP contribution in [0.25, 0.3) is 0 Å². The number of guanidine groups is 1. The number of pyridine rings is 1. The molecule has 1 aromatic heterocycles. The van der Waals surface area contributed by atoms with E-state index in [9.17, 15) is 13.6 Å². The molecule has 2 heterocycles. The predicted octanol–water partition coefficient (Wildman–Crippen LogP) is 1.23. The first kappa shape index (κ1) is 19.7. The van der Waals surface area contributed by atoms with Crippen LogP contribution < -0.4 is 15.5 Å². The number of hydrogen-bond acceptors (Lipinski definition) is 4. The molecular weight excluding hydrogens is 366 g/mol. The van der Waals surface area contributed by atoms with E-state index >= 15 is 0 Å². The molecule has 28 heavy (non-hydrogen) atoms. The lowest BCUT2D eigenvalue weighted by Gasteiger charge is -2.25. The molecule has 1 unspecified atom stereocenters. The lowest BCUT2D eigenvalue weighted by Crippen LogP contribution is -2.85. The first-order valence-corrected chi connectivity index (χ1v) is 8.88. The number of aromatic nitrogens is 1. The second-order valence-electron chi connectivity index (χ2n) is 7.11. The van der Waals surface area contributed by atoms with E-state index in [4.69, 9.17) is 5.73 Å². The molecule has 1 aromatic carbocycles. The van der Waals surface area contributed by atoms with Crippen LogP contribution in [-0.2, 0) is 10.3 Å². The monoisotopic (exact) mass is 389 g/mol. The molecule has 148 valence electrons. The van der Waals surface area contributed by atoms with Crippen LogP contribution in [0.1, 0.15) is 42.1 Å². The fourth-order valence-electron chi connectivity index (χ4n) is 3.36. The molecule has 1 atom stereocenters. The Labute approximate surface area is 162 Å². The number of nitrogens with two attached hydrogens (primary N) is 1. The fraction of sp³-hybridized carbons (Fsp3) is 0.350. The number of rotatable bonds is 5. The number of ether oxygens (including phenoxy) is 1. The summed E-state index contributed by atoms with van der Waals surface area (Å²) in [5.41, 5.74) is 7.30. The molecule has 1 aliphatic heterocycles. The minimum Gasteiger partial charge on any atom is -0.435 e. The van der Waals surface area contributed by atoms with Crippen molar-refractivity contribution in [2.24, 2.45) is 5.73 Å². The number of hydrogen-bond donors (Lipinski definition) is 2. The van der Waals surface area contributed by atoms with Crippen molar-refractivity contribution < 1.29 is 23.3 Å². The number of amides is 1. The lowest BCUT2D eigenvalue weighted by atomic mass is 9.82. The van der Waals surface area contributed by atoms with Crippen LogP contribution in [0.3, 0.4) is 0 Å². The summed E-state index contributed by atoms with van der Waals surface area (Å²) in [5, 5.41) is 0. The fourth-order valence-corrected chi connectivity index (χ4v) is 3.36. The number of carbonyl (C=O) groups is 1. The molecule has 3 rings (SSSR count). The van der Waals surface area contributed by atoms with Gasteiger partial charge in [-0.05, 0) is 42.7 Å². The zero-order valence-electron chi connectivity index (χ0n) is 16.2. The molecule has 0 aliphatic carbocycles. The first-order valence-electron chi connectivity index (χ1n) is 8.88. The van der Waals surface area contributed by atoms with Gasteiger partial charge in [0.2, 0.25) is 5.54 Å². The van der Waals surface area contributed by atoms with Crippen molar-refractivity contribution >= 4 is 11.9 Å². The van der Waals surface area contributed by atoms with Gasteiger partial charge in [0.15, 0.2) is 0 Å². The van der Waals surface area contributed by atoms with E-state index in [2.05, 4.69) is 14.7 Å². The average Bonchev–Trinajstić information content (AvgIpc) is 2.88. The summed E-state index contributed by atoms with van der Waals surface area (Å²) in [7, 11) is 1.58. The van der Waals surface area contributed by atoms with Crippen LogP contribution in [0.4, 0.5) is 8.78 Å². The molecule has 0 bridgehead atoms. The Hall–Kier alpha value is -3.03. The van der Waals surface area contributed by atoms with Crippen LogP contribution in [0.15, 0.2) is 36.5 Å². The van der Waals surface area contributed by atoms with Crippen molar-refractivity contribution in [3.8, 4) is 5.75 Å². The minimum absolute atomic E-state index is 0.0576. The van der Waals surface area contributed by atoms with Crippen LogP contribution in [-0.4, -0.2) is 35.4 Å². The molecule has 0 saturated carbocycles. The van der Waals surface area contributed by atoms with Gasteiger partial charge in [-0.25, -0.2) is 4.90 Å². The number of alkyl halides is 2. The molecular formula is C20H23F2N4O2+. The van der Waals surface area contributed by atoms with Crippen molar-refractivity contribution in [3.63, 3.8) is 0 Å². The van der Waals surface area contributed by atoms with Gasteiger partial charge in [-0.15, -0.1) is 0 Å². The predicted molar refractivity (Wildman–Crippen MR) is 99.8 cm³/mol. The summed E-state index contributed by atoms with van der Waals surface area (Å²) in [6, 6.07) is 8.30. The normalized spacial score (nSPS) is 19.5. The van der Waals surface area contributed by atoms with E-state index in [0.717, 1.165) is 5.69 Å². The van der Waals surface area contributed by atoms with Gasteiger partial charge in [0.1, 0.15) is 5.75 Å². The van der Waals surface area contributed by atoms with Gasteiger partial charge in [-0.1, -0.05) is 19.9 Å². The number of benzene rings is 1. The van der Waals surface area contributed by atoms with Crippen molar-refractivity contribution in [1.29, 1.82) is 0 Å². The van der Waals surface area contributed by atoms with Crippen molar-refractivity contribution in [3.05, 3.63) is 58.9 Å². The van der Waals surface area contributed by atoms with E-state index in [1.54, 1.807) is 38.4 Å². The zero-order valence-corrected chi connectivity index (χ0v) is 16.2. The van der Waals surface area contributed by atoms with Gasteiger partial charge in [0.25, 0.3) is 0 Å².